The van der Waals surface area contributed by atoms with Crippen molar-refractivity contribution < 1.29 is 9.15 Å². The van der Waals surface area contributed by atoms with Gasteiger partial charge in [0.2, 0.25) is 0 Å². The number of anilines is 1. The summed E-state index contributed by atoms with van der Waals surface area (Å²) in [6.07, 6.45) is 3.96. The average molecular weight is 315 g/mol. The second-order valence-electron chi connectivity index (χ2n) is 7.09. The molecule has 5 heteroatoms. The molecule has 5 nitrogen and oxygen atoms in total. The lowest BCUT2D eigenvalue weighted by atomic mass is 9.95. The van der Waals surface area contributed by atoms with Crippen molar-refractivity contribution in [2.24, 2.45) is 0 Å². The van der Waals surface area contributed by atoms with Crippen LogP contribution in [-0.2, 0) is 16.8 Å². The van der Waals surface area contributed by atoms with Crippen LogP contribution in [0, 0.1) is 0 Å². The molecule has 0 aromatic carbocycles. The van der Waals surface area contributed by atoms with Gasteiger partial charge < -0.3 is 14.1 Å². The summed E-state index contributed by atoms with van der Waals surface area (Å²) in [5.74, 6) is 2.83. The predicted molar refractivity (Wildman–Crippen MR) is 89.5 cm³/mol. The fraction of sp³-hybridized carbons (Fsp3) is 0.556. The van der Waals surface area contributed by atoms with Crippen molar-refractivity contribution in [3.63, 3.8) is 0 Å². The summed E-state index contributed by atoms with van der Waals surface area (Å²) in [4.78, 5) is 11.8. The van der Waals surface area contributed by atoms with Crippen LogP contribution >= 0.6 is 0 Å². The molecule has 3 heterocycles. The Kier molecular flexibility index (Phi) is 4.39. The Morgan fingerprint density at radius 3 is 2.83 bits per heavy atom. The second kappa shape index (κ2) is 6.32. The van der Waals surface area contributed by atoms with E-state index in [2.05, 4.69) is 30.7 Å². The van der Waals surface area contributed by atoms with Crippen LogP contribution in [0.15, 0.2) is 28.9 Å². The van der Waals surface area contributed by atoms with Crippen LogP contribution in [-0.4, -0.2) is 23.6 Å². The lowest BCUT2D eigenvalue weighted by molar-refractivity contribution is 0.181. The van der Waals surface area contributed by atoms with Gasteiger partial charge in [-0.05, 0) is 25.0 Å². The first kappa shape index (κ1) is 16.0. The summed E-state index contributed by atoms with van der Waals surface area (Å²) in [6.45, 7) is 7.89. The van der Waals surface area contributed by atoms with Crippen LogP contribution in [0.25, 0.3) is 0 Å². The molecule has 23 heavy (non-hydrogen) atoms. The number of methoxy groups -OCH3 is 1. The molecule has 1 aliphatic rings. The van der Waals surface area contributed by atoms with Crippen LogP contribution in [0.1, 0.15) is 56.9 Å². The van der Waals surface area contributed by atoms with E-state index in [4.69, 9.17) is 14.1 Å². The smallest absolute Gasteiger partial charge is 0.136 e. The van der Waals surface area contributed by atoms with Crippen LogP contribution in [0.3, 0.4) is 0 Å². The minimum atomic E-state index is -0.0988. The molecule has 2 aromatic heterocycles. The lowest BCUT2D eigenvalue weighted by Crippen LogP contribution is -2.26. The van der Waals surface area contributed by atoms with Gasteiger partial charge in [-0.2, -0.15) is 0 Å². The second-order valence-corrected chi connectivity index (χ2v) is 7.09. The highest BCUT2D eigenvalue weighted by Gasteiger charge is 2.30. The van der Waals surface area contributed by atoms with E-state index in [1.165, 1.54) is 0 Å². The van der Waals surface area contributed by atoms with Crippen molar-refractivity contribution in [2.75, 3.05) is 18.6 Å². The minimum Gasteiger partial charge on any atom is -0.467 e. The molecule has 0 radical (unpaired) electrons. The van der Waals surface area contributed by atoms with Crippen LogP contribution in [0.5, 0.6) is 0 Å². The van der Waals surface area contributed by atoms with Crippen LogP contribution in [0.4, 0.5) is 5.82 Å². The van der Waals surface area contributed by atoms with E-state index in [0.717, 1.165) is 42.5 Å². The number of hydrogen-bond acceptors (Lipinski definition) is 5. The Hall–Kier alpha value is -1.88. The molecule has 1 saturated heterocycles. The number of rotatable bonds is 4. The van der Waals surface area contributed by atoms with Gasteiger partial charge in [0.05, 0.1) is 24.6 Å². The number of ether oxygens (including phenoxy) is 1. The summed E-state index contributed by atoms with van der Waals surface area (Å²) in [7, 11) is 1.69. The van der Waals surface area contributed by atoms with Crippen molar-refractivity contribution in [1.29, 1.82) is 0 Å². The summed E-state index contributed by atoms with van der Waals surface area (Å²) in [5.41, 5.74) is 0.825. The van der Waals surface area contributed by atoms with Crippen molar-refractivity contribution >= 4 is 5.82 Å². The molecule has 3 rings (SSSR count). The highest BCUT2D eigenvalue weighted by molar-refractivity contribution is 5.44. The molecule has 0 aliphatic carbocycles. The Labute approximate surface area is 137 Å². The summed E-state index contributed by atoms with van der Waals surface area (Å²) in [6, 6.07) is 6.29. The van der Waals surface area contributed by atoms with Gasteiger partial charge in [-0.25, -0.2) is 9.97 Å². The fourth-order valence-corrected chi connectivity index (χ4v) is 3.01. The monoisotopic (exact) mass is 315 g/mol. The zero-order chi connectivity index (χ0) is 16.4. The topological polar surface area (TPSA) is 51.4 Å². The maximum atomic E-state index is 5.63. The molecular weight excluding hydrogens is 290 g/mol. The largest absolute Gasteiger partial charge is 0.467 e. The number of hydrogen-bond donors (Lipinski definition) is 0. The Bertz CT molecular complexity index is 647. The number of furan rings is 1. The minimum absolute atomic E-state index is 0.0988. The average Bonchev–Trinajstić information content (AvgIpc) is 3.17. The quantitative estimate of drug-likeness (QED) is 0.857. The Balaban J connectivity index is 1.99. The zero-order valence-electron chi connectivity index (χ0n) is 14.4. The third-order valence-electron chi connectivity index (χ3n) is 4.15. The first-order chi connectivity index (χ1) is 11.0. The van der Waals surface area contributed by atoms with E-state index < -0.39 is 0 Å². The molecule has 124 valence electrons. The molecule has 1 unspecified atom stereocenters. The summed E-state index contributed by atoms with van der Waals surface area (Å²) >= 11 is 0. The predicted octanol–water partition coefficient (Wildman–Crippen LogP) is 3.86. The highest BCUT2D eigenvalue weighted by atomic mass is 16.5. The van der Waals surface area contributed by atoms with E-state index in [1.807, 2.05) is 18.2 Å². The van der Waals surface area contributed by atoms with E-state index in [-0.39, 0.29) is 11.5 Å². The van der Waals surface area contributed by atoms with Gasteiger partial charge in [-0.3, -0.25) is 0 Å². The standard InChI is InChI=1S/C18H25N3O2/c1-18(2,3)17-19-13(12-22-4)11-16(20-17)21-9-5-7-14(21)15-8-6-10-23-15/h6,8,10-11,14H,5,7,9,12H2,1-4H3. The SMILES string of the molecule is COCc1cc(N2CCCC2c2ccco2)nc(C(C)(C)C)n1. The van der Waals surface area contributed by atoms with Gasteiger partial charge in [0.1, 0.15) is 17.4 Å². The molecule has 0 N–H and O–H groups in total. The molecule has 2 aromatic rings. The fourth-order valence-electron chi connectivity index (χ4n) is 3.01. The summed E-state index contributed by atoms with van der Waals surface area (Å²) < 4.78 is 10.9. The molecular formula is C18H25N3O2. The Morgan fingerprint density at radius 2 is 2.17 bits per heavy atom. The molecule has 0 saturated carbocycles. The maximum absolute atomic E-state index is 5.63. The van der Waals surface area contributed by atoms with Crippen molar-refractivity contribution in [3.05, 3.63) is 41.7 Å². The first-order valence-electron chi connectivity index (χ1n) is 8.16. The normalized spacial score (nSPS) is 18.6. The molecule has 1 aliphatic heterocycles. The van der Waals surface area contributed by atoms with Crippen molar-refractivity contribution in [3.8, 4) is 0 Å². The van der Waals surface area contributed by atoms with E-state index >= 15 is 0 Å². The van der Waals surface area contributed by atoms with Gasteiger partial charge in [-0.15, -0.1) is 0 Å². The molecule has 1 atom stereocenters. The van der Waals surface area contributed by atoms with Crippen molar-refractivity contribution in [2.45, 2.75) is 51.7 Å². The first-order valence-corrected chi connectivity index (χ1v) is 8.16. The maximum Gasteiger partial charge on any atom is 0.136 e. The zero-order valence-corrected chi connectivity index (χ0v) is 14.4. The van der Waals surface area contributed by atoms with E-state index in [0.29, 0.717) is 6.61 Å². The molecule has 0 spiro atoms. The van der Waals surface area contributed by atoms with E-state index in [1.54, 1.807) is 13.4 Å². The van der Waals surface area contributed by atoms with Crippen LogP contribution in [0.2, 0.25) is 0 Å². The number of aromatic nitrogens is 2. The third kappa shape index (κ3) is 3.39. The lowest BCUT2D eigenvalue weighted by Gasteiger charge is -2.27. The molecule has 0 amide bonds. The summed E-state index contributed by atoms with van der Waals surface area (Å²) in [5, 5.41) is 0. The van der Waals surface area contributed by atoms with Crippen LogP contribution < -0.4 is 4.90 Å². The molecule has 1 fully saturated rings. The van der Waals surface area contributed by atoms with E-state index in [9.17, 15) is 0 Å². The van der Waals surface area contributed by atoms with Crippen molar-refractivity contribution in [1.82, 2.24) is 9.97 Å². The third-order valence-corrected chi connectivity index (χ3v) is 4.15. The van der Waals surface area contributed by atoms with Gasteiger partial charge >= 0.3 is 0 Å². The highest BCUT2D eigenvalue weighted by Crippen LogP contribution is 2.36. The molecule has 0 bridgehead atoms. The van der Waals surface area contributed by atoms with Gasteiger partial charge in [0, 0.05) is 25.1 Å². The Morgan fingerprint density at radius 1 is 1.35 bits per heavy atom. The van der Waals surface area contributed by atoms with Gasteiger partial charge in [-0.1, -0.05) is 20.8 Å². The number of nitrogens with zero attached hydrogens (tertiary/aromatic N) is 3. The van der Waals surface area contributed by atoms with Gasteiger partial charge in [0.25, 0.3) is 0 Å². The van der Waals surface area contributed by atoms with Gasteiger partial charge in [0.15, 0.2) is 0 Å².